The van der Waals surface area contributed by atoms with Gasteiger partial charge in [0.1, 0.15) is 9.36 Å². The fourth-order valence-corrected chi connectivity index (χ4v) is 6.47. The Labute approximate surface area is 194 Å². The molecule has 3 rings (SSSR count). The van der Waals surface area contributed by atoms with Gasteiger partial charge in [0.15, 0.2) is 0 Å². The first-order chi connectivity index (χ1) is 14.9. The second kappa shape index (κ2) is 9.13. The highest BCUT2D eigenvalue weighted by molar-refractivity contribution is 7.93. The summed E-state index contributed by atoms with van der Waals surface area (Å²) in [5.41, 5.74) is -0.426. The third-order valence-electron chi connectivity index (χ3n) is 4.67. The standard InChI is InChI=1S/C21H21ClFN3O4S2/c1-21(2,3)26(20(27)28)10-7-13-11-16(15-5-4-8-25-18(15)23)19(31-13)32(29,30)14-6-9-24-17(22)12-14/h4-6,8-9,11-12H,7,10H2,1-3H3,(H,27,28). The second-order valence-corrected chi connectivity index (χ2v) is 11.6. The Morgan fingerprint density at radius 1 is 1.19 bits per heavy atom. The van der Waals surface area contributed by atoms with Crippen LogP contribution >= 0.6 is 22.9 Å². The maximum absolute atomic E-state index is 14.5. The van der Waals surface area contributed by atoms with Gasteiger partial charge < -0.3 is 10.0 Å². The molecule has 0 saturated heterocycles. The first kappa shape index (κ1) is 24.1. The summed E-state index contributed by atoms with van der Waals surface area (Å²) < 4.78 is 41.2. The number of carbonyl (C=O) groups is 1. The summed E-state index contributed by atoms with van der Waals surface area (Å²) in [7, 11) is -4.05. The van der Waals surface area contributed by atoms with Crippen molar-refractivity contribution in [1.29, 1.82) is 0 Å². The number of rotatable bonds is 6. The lowest BCUT2D eigenvalue weighted by atomic mass is 10.1. The van der Waals surface area contributed by atoms with Crippen molar-refractivity contribution in [3.63, 3.8) is 0 Å². The van der Waals surface area contributed by atoms with Gasteiger partial charge in [0, 0.05) is 40.5 Å². The van der Waals surface area contributed by atoms with Crippen LogP contribution in [0.5, 0.6) is 0 Å². The van der Waals surface area contributed by atoms with Crippen molar-refractivity contribution in [3.8, 4) is 11.1 Å². The molecule has 0 atom stereocenters. The Balaban J connectivity index is 2.09. The van der Waals surface area contributed by atoms with Crippen LogP contribution in [-0.2, 0) is 16.3 Å². The normalized spacial score (nSPS) is 12.0. The predicted molar refractivity (Wildman–Crippen MR) is 120 cm³/mol. The van der Waals surface area contributed by atoms with Crippen molar-refractivity contribution in [3.05, 3.63) is 58.7 Å². The number of thiophene rings is 1. The predicted octanol–water partition coefficient (Wildman–Crippen LogP) is 5.15. The van der Waals surface area contributed by atoms with Crippen LogP contribution in [-0.4, -0.2) is 46.6 Å². The minimum absolute atomic E-state index is 0.0132. The number of carboxylic acid groups (broad SMARTS) is 1. The second-order valence-electron chi connectivity index (χ2n) is 7.93. The van der Waals surface area contributed by atoms with Gasteiger partial charge >= 0.3 is 6.09 Å². The van der Waals surface area contributed by atoms with Crippen LogP contribution in [0.25, 0.3) is 11.1 Å². The number of hydrogen-bond donors (Lipinski definition) is 1. The lowest BCUT2D eigenvalue weighted by Crippen LogP contribution is -2.45. The van der Waals surface area contributed by atoms with E-state index >= 15 is 0 Å². The lowest BCUT2D eigenvalue weighted by molar-refractivity contribution is 0.101. The summed E-state index contributed by atoms with van der Waals surface area (Å²) in [6.45, 7) is 5.47. The molecule has 0 spiro atoms. The Bertz CT molecular complexity index is 1260. The quantitative estimate of drug-likeness (QED) is 0.472. The SMILES string of the molecule is CC(C)(C)N(CCc1cc(-c2cccnc2F)c(S(=O)(=O)c2ccnc(Cl)c2)s1)C(=O)O. The van der Waals surface area contributed by atoms with E-state index in [0.29, 0.717) is 4.88 Å². The highest BCUT2D eigenvalue weighted by Crippen LogP contribution is 2.39. The van der Waals surface area contributed by atoms with Gasteiger partial charge in [-0.3, -0.25) is 0 Å². The molecule has 170 valence electrons. The molecule has 0 aliphatic heterocycles. The lowest BCUT2D eigenvalue weighted by Gasteiger charge is -2.33. The molecule has 0 saturated carbocycles. The van der Waals surface area contributed by atoms with E-state index in [2.05, 4.69) is 9.97 Å². The summed E-state index contributed by atoms with van der Waals surface area (Å²) in [6, 6.07) is 7.08. The third kappa shape index (κ3) is 5.08. The number of amides is 1. The van der Waals surface area contributed by atoms with Crippen molar-refractivity contribution in [1.82, 2.24) is 14.9 Å². The fraction of sp³-hybridized carbons (Fsp3) is 0.286. The zero-order valence-corrected chi connectivity index (χ0v) is 19.9. The largest absolute Gasteiger partial charge is 0.465 e. The maximum atomic E-state index is 14.5. The van der Waals surface area contributed by atoms with Crippen molar-refractivity contribution >= 4 is 38.9 Å². The fourth-order valence-electron chi connectivity index (χ4n) is 3.12. The summed E-state index contributed by atoms with van der Waals surface area (Å²) in [5, 5.41) is 9.54. The van der Waals surface area contributed by atoms with Crippen LogP contribution in [0.1, 0.15) is 25.6 Å². The van der Waals surface area contributed by atoms with E-state index in [1.165, 1.54) is 41.6 Å². The van der Waals surface area contributed by atoms with E-state index in [4.69, 9.17) is 11.6 Å². The molecular formula is C21H21ClFN3O4S2. The molecule has 0 bridgehead atoms. The molecule has 1 amide bonds. The first-order valence-electron chi connectivity index (χ1n) is 9.52. The van der Waals surface area contributed by atoms with Gasteiger partial charge in [-0.05, 0) is 57.5 Å². The average Bonchev–Trinajstić information content (AvgIpc) is 3.12. The smallest absolute Gasteiger partial charge is 0.407 e. The molecule has 0 radical (unpaired) electrons. The van der Waals surface area contributed by atoms with Crippen molar-refractivity contribution in [2.45, 2.75) is 41.8 Å². The van der Waals surface area contributed by atoms with E-state index in [1.54, 1.807) is 26.8 Å². The summed E-state index contributed by atoms with van der Waals surface area (Å²) >= 11 is 6.85. The molecule has 3 aromatic heterocycles. The molecule has 3 aromatic rings. The van der Waals surface area contributed by atoms with Gasteiger partial charge in [-0.1, -0.05) is 11.6 Å². The Morgan fingerprint density at radius 3 is 2.50 bits per heavy atom. The zero-order valence-electron chi connectivity index (χ0n) is 17.5. The number of aromatic nitrogens is 2. The molecular weight excluding hydrogens is 477 g/mol. The average molecular weight is 498 g/mol. The van der Waals surface area contributed by atoms with E-state index in [-0.39, 0.29) is 38.4 Å². The summed E-state index contributed by atoms with van der Waals surface area (Å²) in [5.74, 6) is -0.803. The monoisotopic (exact) mass is 497 g/mol. The first-order valence-corrected chi connectivity index (χ1v) is 12.2. The molecule has 0 aromatic carbocycles. The van der Waals surface area contributed by atoms with Crippen LogP contribution in [0, 0.1) is 5.95 Å². The van der Waals surface area contributed by atoms with Gasteiger partial charge in [0.2, 0.25) is 15.8 Å². The van der Waals surface area contributed by atoms with E-state index in [1.807, 2.05) is 0 Å². The van der Waals surface area contributed by atoms with Gasteiger partial charge in [0.25, 0.3) is 0 Å². The number of halogens is 2. The van der Waals surface area contributed by atoms with Crippen molar-refractivity contribution < 1.29 is 22.7 Å². The summed E-state index contributed by atoms with van der Waals surface area (Å²) in [6.07, 6.45) is 1.74. The number of hydrogen-bond acceptors (Lipinski definition) is 6. The molecule has 3 heterocycles. The van der Waals surface area contributed by atoms with Crippen LogP contribution in [0.4, 0.5) is 9.18 Å². The van der Waals surface area contributed by atoms with Gasteiger partial charge in [0.05, 0.1) is 4.90 Å². The van der Waals surface area contributed by atoms with E-state index in [9.17, 15) is 22.7 Å². The highest BCUT2D eigenvalue weighted by atomic mass is 35.5. The maximum Gasteiger partial charge on any atom is 0.407 e. The van der Waals surface area contributed by atoms with Crippen molar-refractivity contribution in [2.24, 2.45) is 0 Å². The Kier molecular flexibility index (Phi) is 6.87. The number of sulfone groups is 1. The van der Waals surface area contributed by atoms with Crippen LogP contribution in [0.3, 0.4) is 0 Å². The molecule has 1 N–H and O–H groups in total. The van der Waals surface area contributed by atoms with Gasteiger partial charge in [-0.15, -0.1) is 11.3 Å². The van der Waals surface area contributed by atoms with E-state index < -0.39 is 27.4 Å². The minimum Gasteiger partial charge on any atom is -0.465 e. The van der Waals surface area contributed by atoms with Gasteiger partial charge in [-0.25, -0.2) is 23.2 Å². The van der Waals surface area contributed by atoms with E-state index in [0.717, 1.165) is 11.3 Å². The minimum atomic E-state index is -4.05. The molecule has 7 nitrogen and oxygen atoms in total. The van der Waals surface area contributed by atoms with Crippen LogP contribution < -0.4 is 0 Å². The van der Waals surface area contributed by atoms with Crippen molar-refractivity contribution in [2.75, 3.05) is 6.54 Å². The van der Waals surface area contributed by atoms with Crippen LogP contribution in [0.2, 0.25) is 5.15 Å². The van der Waals surface area contributed by atoms with Gasteiger partial charge in [-0.2, -0.15) is 4.39 Å². The Hall–Kier alpha value is -2.56. The zero-order chi connectivity index (χ0) is 23.7. The Morgan fingerprint density at radius 2 is 1.91 bits per heavy atom. The number of nitrogens with zero attached hydrogens (tertiary/aromatic N) is 3. The topological polar surface area (TPSA) is 100 Å². The molecule has 11 heteroatoms. The number of pyridine rings is 2. The molecule has 0 unspecified atom stereocenters. The third-order valence-corrected chi connectivity index (χ3v) is 8.36. The molecule has 0 fully saturated rings. The molecule has 0 aliphatic carbocycles. The summed E-state index contributed by atoms with van der Waals surface area (Å²) in [4.78, 5) is 20.9. The molecule has 32 heavy (non-hydrogen) atoms. The van der Waals surface area contributed by atoms with Crippen LogP contribution in [0.15, 0.2) is 51.8 Å². The molecule has 0 aliphatic rings. The highest BCUT2D eigenvalue weighted by Gasteiger charge is 2.29.